The summed E-state index contributed by atoms with van der Waals surface area (Å²) in [6, 6.07) is 0. The summed E-state index contributed by atoms with van der Waals surface area (Å²) in [5.41, 5.74) is 1.52. The van der Waals surface area contributed by atoms with Crippen LogP contribution in [0.25, 0.3) is 0 Å². The minimum Gasteiger partial charge on any atom is -0.461 e. The van der Waals surface area contributed by atoms with E-state index in [0.717, 1.165) is 29.6 Å². The minimum atomic E-state index is -0.344. The molecule has 2 heterocycles. The molecule has 0 aromatic carbocycles. The van der Waals surface area contributed by atoms with Crippen molar-refractivity contribution in [1.29, 1.82) is 0 Å². The van der Waals surface area contributed by atoms with Crippen molar-refractivity contribution in [2.45, 2.75) is 33.2 Å². The molecule has 2 rings (SSSR count). The van der Waals surface area contributed by atoms with E-state index in [1.807, 2.05) is 4.68 Å². The summed E-state index contributed by atoms with van der Waals surface area (Å²) in [4.78, 5) is 11.6. The molecule has 0 aliphatic carbocycles. The van der Waals surface area contributed by atoms with Gasteiger partial charge in [0.1, 0.15) is 0 Å². The maximum Gasteiger partial charge on any atom is 0.360 e. The van der Waals surface area contributed by atoms with Gasteiger partial charge in [-0.25, -0.2) is 4.79 Å². The van der Waals surface area contributed by atoms with Gasteiger partial charge in [0.25, 0.3) is 0 Å². The van der Waals surface area contributed by atoms with E-state index < -0.39 is 0 Å². The Morgan fingerprint density at radius 1 is 1.69 bits per heavy atom. The summed E-state index contributed by atoms with van der Waals surface area (Å²) in [7, 11) is 0. The van der Waals surface area contributed by atoms with Crippen molar-refractivity contribution in [2.24, 2.45) is 5.92 Å². The van der Waals surface area contributed by atoms with Gasteiger partial charge < -0.3 is 4.74 Å². The van der Waals surface area contributed by atoms with E-state index in [2.05, 4.69) is 28.0 Å². The van der Waals surface area contributed by atoms with Crippen LogP contribution in [-0.2, 0) is 17.7 Å². The maximum atomic E-state index is 11.6. The largest absolute Gasteiger partial charge is 0.461 e. The van der Waals surface area contributed by atoms with Crippen LogP contribution in [0, 0.1) is 5.92 Å². The predicted molar refractivity (Wildman–Crippen MR) is 63.4 cm³/mol. The number of hydrogen-bond donors (Lipinski definition) is 0. The van der Waals surface area contributed by atoms with Crippen molar-refractivity contribution in [3.63, 3.8) is 0 Å². The van der Waals surface area contributed by atoms with Crippen LogP contribution in [0.15, 0.2) is 4.47 Å². The number of aryl methyl sites for hydroxylation is 1. The van der Waals surface area contributed by atoms with Crippen molar-refractivity contribution < 1.29 is 9.53 Å². The SMILES string of the molecule is CCOC(=O)c1nn2c(c1Br)CC(C)CC2. The van der Waals surface area contributed by atoms with Gasteiger partial charge in [-0.3, -0.25) is 4.68 Å². The zero-order valence-corrected chi connectivity index (χ0v) is 11.1. The van der Waals surface area contributed by atoms with Crippen LogP contribution in [-0.4, -0.2) is 22.4 Å². The summed E-state index contributed by atoms with van der Waals surface area (Å²) < 4.78 is 7.68. The number of halogens is 1. The molecule has 0 saturated carbocycles. The van der Waals surface area contributed by atoms with Gasteiger partial charge in [0.15, 0.2) is 5.69 Å². The zero-order chi connectivity index (χ0) is 11.7. The Morgan fingerprint density at radius 3 is 3.12 bits per heavy atom. The van der Waals surface area contributed by atoms with Crippen molar-refractivity contribution in [1.82, 2.24) is 9.78 Å². The highest BCUT2D eigenvalue weighted by Gasteiger charge is 2.25. The van der Waals surface area contributed by atoms with Gasteiger partial charge in [-0.2, -0.15) is 5.10 Å². The number of hydrogen-bond acceptors (Lipinski definition) is 3. The highest BCUT2D eigenvalue weighted by molar-refractivity contribution is 9.10. The molecule has 0 radical (unpaired) electrons. The smallest absolute Gasteiger partial charge is 0.360 e. The number of ether oxygens (including phenoxy) is 1. The zero-order valence-electron chi connectivity index (χ0n) is 9.49. The van der Waals surface area contributed by atoms with Crippen LogP contribution < -0.4 is 0 Å². The Morgan fingerprint density at radius 2 is 2.44 bits per heavy atom. The summed E-state index contributed by atoms with van der Waals surface area (Å²) >= 11 is 3.45. The molecular weight excluding hydrogens is 272 g/mol. The standard InChI is InChI=1S/C11H15BrN2O2/c1-3-16-11(15)10-9(12)8-6-7(2)4-5-14(8)13-10/h7H,3-6H2,1-2H3. The van der Waals surface area contributed by atoms with E-state index in [1.165, 1.54) is 0 Å². The number of carbonyl (C=O) groups excluding carboxylic acids is 1. The Kier molecular flexibility index (Phi) is 3.33. The molecule has 4 nitrogen and oxygen atoms in total. The second kappa shape index (κ2) is 4.57. The molecule has 0 fully saturated rings. The Hall–Kier alpha value is -0.840. The molecule has 0 N–H and O–H groups in total. The van der Waals surface area contributed by atoms with Crippen molar-refractivity contribution in [3.05, 3.63) is 15.9 Å². The van der Waals surface area contributed by atoms with Gasteiger partial charge in [-0.1, -0.05) is 6.92 Å². The van der Waals surface area contributed by atoms with Crippen molar-refractivity contribution in [3.8, 4) is 0 Å². The second-order valence-corrected chi connectivity index (χ2v) is 4.94. The van der Waals surface area contributed by atoms with Gasteiger partial charge in [-0.15, -0.1) is 0 Å². The van der Waals surface area contributed by atoms with E-state index in [1.54, 1.807) is 6.92 Å². The summed E-state index contributed by atoms with van der Waals surface area (Å²) in [5, 5.41) is 4.30. The molecule has 88 valence electrons. The average Bonchev–Trinajstić information content (AvgIpc) is 2.57. The Labute approximate surface area is 103 Å². The first kappa shape index (κ1) is 11.6. The van der Waals surface area contributed by atoms with E-state index >= 15 is 0 Å². The number of carbonyl (C=O) groups is 1. The van der Waals surface area contributed by atoms with E-state index in [0.29, 0.717) is 18.2 Å². The predicted octanol–water partition coefficient (Wildman–Crippen LogP) is 2.40. The lowest BCUT2D eigenvalue weighted by Crippen LogP contribution is -2.17. The van der Waals surface area contributed by atoms with E-state index in [9.17, 15) is 4.79 Å². The molecule has 16 heavy (non-hydrogen) atoms. The van der Waals surface area contributed by atoms with Gasteiger partial charge in [-0.05, 0) is 41.6 Å². The van der Waals surface area contributed by atoms with Crippen LogP contribution >= 0.6 is 15.9 Å². The normalized spacial score (nSPS) is 19.3. The Balaban J connectivity index is 2.32. The fourth-order valence-electron chi connectivity index (χ4n) is 1.96. The van der Waals surface area contributed by atoms with Crippen LogP contribution in [0.4, 0.5) is 0 Å². The van der Waals surface area contributed by atoms with Gasteiger partial charge >= 0.3 is 5.97 Å². The van der Waals surface area contributed by atoms with E-state index in [-0.39, 0.29) is 5.97 Å². The van der Waals surface area contributed by atoms with Gasteiger partial charge in [0.2, 0.25) is 0 Å². The van der Waals surface area contributed by atoms with Crippen LogP contribution in [0.3, 0.4) is 0 Å². The molecule has 1 atom stereocenters. The molecule has 1 aromatic heterocycles. The minimum absolute atomic E-state index is 0.344. The lowest BCUT2D eigenvalue weighted by atomic mass is 9.98. The van der Waals surface area contributed by atoms with Gasteiger partial charge in [0, 0.05) is 6.54 Å². The monoisotopic (exact) mass is 286 g/mol. The van der Waals surface area contributed by atoms with Crippen molar-refractivity contribution >= 4 is 21.9 Å². The first-order valence-corrected chi connectivity index (χ1v) is 6.35. The molecule has 0 spiro atoms. The maximum absolute atomic E-state index is 11.6. The molecular formula is C11H15BrN2O2. The summed E-state index contributed by atoms with van der Waals surface area (Å²) in [5.74, 6) is 0.305. The van der Waals surface area contributed by atoms with Crippen LogP contribution in [0.2, 0.25) is 0 Å². The van der Waals surface area contributed by atoms with Gasteiger partial charge in [0.05, 0.1) is 16.8 Å². The first-order valence-electron chi connectivity index (χ1n) is 5.55. The molecule has 5 heteroatoms. The number of fused-ring (bicyclic) bond motifs is 1. The summed E-state index contributed by atoms with van der Waals surface area (Å²) in [6.45, 7) is 5.27. The first-order chi connectivity index (χ1) is 7.63. The molecule has 1 aliphatic rings. The second-order valence-electron chi connectivity index (χ2n) is 4.15. The van der Waals surface area contributed by atoms with Crippen LogP contribution in [0.5, 0.6) is 0 Å². The number of nitrogens with zero attached hydrogens (tertiary/aromatic N) is 2. The third-order valence-corrected chi connectivity index (χ3v) is 3.67. The molecule has 0 amide bonds. The molecule has 0 saturated heterocycles. The van der Waals surface area contributed by atoms with E-state index in [4.69, 9.17) is 4.74 Å². The number of rotatable bonds is 2. The molecule has 1 unspecified atom stereocenters. The third-order valence-electron chi connectivity index (χ3n) is 2.84. The van der Waals surface area contributed by atoms with Crippen molar-refractivity contribution in [2.75, 3.05) is 6.61 Å². The third kappa shape index (κ3) is 2.00. The topological polar surface area (TPSA) is 44.1 Å². The molecule has 1 aliphatic heterocycles. The quantitative estimate of drug-likeness (QED) is 0.785. The summed E-state index contributed by atoms with van der Waals surface area (Å²) in [6.07, 6.45) is 2.08. The number of esters is 1. The lowest BCUT2D eigenvalue weighted by Gasteiger charge is -2.19. The lowest BCUT2D eigenvalue weighted by molar-refractivity contribution is 0.0517. The average molecular weight is 287 g/mol. The van der Waals surface area contributed by atoms with Crippen LogP contribution in [0.1, 0.15) is 36.5 Å². The highest BCUT2D eigenvalue weighted by atomic mass is 79.9. The number of aromatic nitrogens is 2. The fourth-order valence-corrected chi connectivity index (χ4v) is 2.57. The molecule has 1 aromatic rings. The molecule has 0 bridgehead atoms. The highest BCUT2D eigenvalue weighted by Crippen LogP contribution is 2.29. The Bertz CT molecular complexity index is 414. The fraction of sp³-hybridized carbons (Fsp3) is 0.636.